The molecule has 1 heterocycles. The van der Waals surface area contributed by atoms with Crippen molar-refractivity contribution in [3.63, 3.8) is 0 Å². The summed E-state index contributed by atoms with van der Waals surface area (Å²) in [5, 5.41) is 15.7. The van der Waals surface area contributed by atoms with Gasteiger partial charge in [-0.2, -0.15) is 0 Å². The summed E-state index contributed by atoms with van der Waals surface area (Å²) >= 11 is 0. The van der Waals surface area contributed by atoms with E-state index in [2.05, 4.69) is 24.0 Å². The molecular weight excluding hydrogens is 342 g/mol. The van der Waals surface area contributed by atoms with Gasteiger partial charge in [0.25, 0.3) is 0 Å². The van der Waals surface area contributed by atoms with Gasteiger partial charge in [-0.05, 0) is 31.2 Å². The highest BCUT2D eigenvalue weighted by molar-refractivity contribution is 5.89. The third kappa shape index (κ3) is 2.02. The zero-order chi connectivity index (χ0) is 18.8. The number of hydrogen-bond acceptors (Lipinski definition) is 5. The molecule has 1 spiro atoms. The van der Waals surface area contributed by atoms with E-state index in [0.29, 0.717) is 19.4 Å². The summed E-state index contributed by atoms with van der Waals surface area (Å²) in [5.74, 6) is 1.00. The van der Waals surface area contributed by atoms with Gasteiger partial charge in [-0.25, -0.2) is 0 Å². The average Bonchev–Trinajstić information content (AvgIpc) is 3.01. The standard InChI is InChI=1S/C22H27NO4/c1-3-10-23-16-6-8-21-18-13-4-5-14(12-26-2)19(18)27-20(21)17(24)7-9-22(21,25)15(16)11-13/h3-5,15-16,20,23,25H,1,6-12H2,2H3/t15-,16?,20-,21-,22+/m0/s1. The number of carbonyl (C=O) groups is 1. The number of Topliss-reactive ketones (excluding diaryl/α,β-unsaturated/α-hetero) is 1. The molecule has 5 rings (SSSR count). The van der Waals surface area contributed by atoms with E-state index in [4.69, 9.17) is 9.47 Å². The highest BCUT2D eigenvalue weighted by Crippen LogP contribution is 2.66. The quantitative estimate of drug-likeness (QED) is 0.778. The molecule has 3 aliphatic carbocycles. The molecule has 4 aliphatic rings. The highest BCUT2D eigenvalue weighted by Gasteiger charge is 2.72. The predicted molar refractivity (Wildman–Crippen MR) is 101 cm³/mol. The SMILES string of the molecule is C=CCNC1CC[C@]23c4c5ccc(COC)c4O[C@H]2C(=O)CC[C@@]3(O)[C@H]1C5. The minimum Gasteiger partial charge on any atom is -0.481 e. The molecule has 1 aliphatic heterocycles. The van der Waals surface area contributed by atoms with Crippen molar-refractivity contribution in [2.75, 3.05) is 13.7 Å². The predicted octanol–water partition coefficient (Wildman–Crippen LogP) is 2.04. The molecule has 0 radical (unpaired) electrons. The Morgan fingerprint density at radius 3 is 3.07 bits per heavy atom. The van der Waals surface area contributed by atoms with Crippen LogP contribution in [0.25, 0.3) is 0 Å². The van der Waals surface area contributed by atoms with Gasteiger partial charge < -0.3 is 19.9 Å². The fraction of sp³-hybridized carbons (Fsp3) is 0.591. The van der Waals surface area contributed by atoms with Gasteiger partial charge in [0.05, 0.1) is 17.6 Å². The average molecular weight is 369 g/mol. The van der Waals surface area contributed by atoms with Crippen molar-refractivity contribution in [2.24, 2.45) is 5.92 Å². The Bertz CT molecular complexity index is 821. The Balaban J connectivity index is 1.70. The van der Waals surface area contributed by atoms with E-state index in [1.165, 1.54) is 5.56 Å². The Morgan fingerprint density at radius 1 is 1.44 bits per heavy atom. The summed E-state index contributed by atoms with van der Waals surface area (Å²) in [6.45, 7) is 4.99. The highest BCUT2D eigenvalue weighted by atomic mass is 16.5. The molecule has 1 unspecified atom stereocenters. The normalized spacial score (nSPS) is 38.3. The number of methoxy groups -OCH3 is 1. The second kappa shape index (κ2) is 5.90. The van der Waals surface area contributed by atoms with Gasteiger partial charge >= 0.3 is 0 Å². The third-order valence-corrected chi connectivity index (χ3v) is 7.49. The molecule has 2 fully saturated rings. The van der Waals surface area contributed by atoms with Gasteiger partial charge in [0, 0.05) is 43.2 Å². The number of nitrogens with one attached hydrogen (secondary N) is 1. The number of rotatable bonds is 5. The Morgan fingerprint density at radius 2 is 2.30 bits per heavy atom. The molecule has 5 heteroatoms. The summed E-state index contributed by atoms with van der Waals surface area (Å²) in [5.41, 5.74) is 1.77. The van der Waals surface area contributed by atoms with Gasteiger partial charge in [0.2, 0.25) is 0 Å². The van der Waals surface area contributed by atoms with Crippen molar-refractivity contribution in [1.82, 2.24) is 5.32 Å². The van der Waals surface area contributed by atoms with Gasteiger partial charge in [-0.3, -0.25) is 4.79 Å². The molecule has 5 atom stereocenters. The fourth-order valence-electron chi connectivity index (χ4n) is 6.46. The molecule has 0 amide bonds. The molecule has 0 aromatic heterocycles. The molecule has 27 heavy (non-hydrogen) atoms. The molecule has 0 saturated heterocycles. The zero-order valence-electron chi connectivity index (χ0n) is 15.8. The number of ether oxygens (including phenoxy) is 2. The fourth-order valence-corrected chi connectivity index (χ4v) is 6.46. The molecule has 2 saturated carbocycles. The Labute approximate surface area is 159 Å². The van der Waals surface area contributed by atoms with Gasteiger partial charge in [-0.15, -0.1) is 6.58 Å². The number of carbonyl (C=O) groups excluding carboxylic acids is 1. The molecule has 1 aromatic carbocycles. The van der Waals surface area contributed by atoms with Crippen LogP contribution in [0.15, 0.2) is 24.8 Å². The minimum absolute atomic E-state index is 0.0807. The number of benzene rings is 1. The van der Waals surface area contributed by atoms with Gasteiger partial charge in [0.1, 0.15) is 5.75 Å². The maximum Gasteiger partial charge on any atom is 0.174 e. The minimum atomic E-state index is -0.910. The first-order valence-electron chi connectivity index (χ1n) is 9.97. The van der Waals surface area contributed by atoms with Crippen molar-refractivity contribution < 1.29 is 19.4 Å². The molecular formula is C22H27NO4. The van der Waals surface area contributed by atoms with E-state index in [1.54, 1.807) is 7.11 Å². The smallest absolute Gasteiger partial charge is 0.174 e. The third-order valence-electron chi connectivity index (χ3n) is 7.49. The van der Waals surface area contributed by atoms with Crippen LogP contribution in [0.1, 0.15) is 42.4 Å². The van der Waals surface area contributed by atoms with Crippen LogP contribution in [0.3, 0.4) is 0 Å². The first kappa shape index (κ1) is 17.4. The van der Waals surface area contributed by atoms with Crippen molar-refractivity contribution in [2.45, 2.75) is 61.9 Å². The van der Waals surface area contributed by atoms with Crippen molar-refractivity contribution in [3.8, 4) is 5.75 Å². The molecule has 1 aromatic rings. The summed E-state index contributed by atoms with van der Waals surface area (Å²) in [7, 11) is 1.67. The molecule has 5 nitrogen and oxygen atoms in total. The Kier molecular flexibility index (Phi) is 3.81. The van der Waals surface area contributed by atoms with Gasteiger partial charge in [-0.1, -0.05) is 18.2 Å². The molecule has 2 bridgehead atoms. The number of ketones is 1. The maximum atomic E-state index is 12.9. The van der Waals surface area contributed by atoms with E-state index >= 15 is 0 Å². The van der Waals surface area contributed by atoms with E-state index in [9.17, 15) is 9.90 Å². The van der Waals surface area contributed by atoms with E-state index in [1.807, 2.05) is 6.08 Å². The zero-order valence-corrected chi connectivity index (χ0v) is 15.8. The lowest BCUT2D eigenvalue weighted by Crippen LogP contribution is -2.73. The topological polar surface area (TPSA) is 67.8 Å². The lowest BCUT2D eigenvalue weighted by Gasteiger charge is -2.61. The molecule has 2 N–H and O–H groups in total. The second-order valence-electron chi connectivity index (χ2n) is 8.53. The summed E-state index contributed by atoms with van der Waals surface area (Å²) < 4.78 is 11.7. The first-order valence-corrected chi connectivity index (χ1v) is 9.97. The van der Waals surface area contributed by atoms with Crippen LogP contribution >= 0.6 is 0 Å². The lowest BCUT2D eigenvalue weighted by atomic mass is 9.44. The molecule has 144 valence electrons. The van der Waals surface area contributed by atoms with E-state index in [-0.39, 0.29) is 17.7 Å². The second-order valence-corrected chi connectivity index (χ2v) is 8.53. The summed E-state index contributed by atoms with van der Waals surface area (Å²) in [6, 6.07) is 4.44. The van der Waals surface area contributed by atoms with Crippen molar-refractivity contribution in [1.29, 1.82) is 0 Å². The van der Waals surface area contributed by atoms with Crippen LogP contribution in [0.2, 0.25) is 0 Å². The van der Waals surface area contributed by atoms with Crippen molar-refractivity contribution >= 4 is 5.78 Å². The summed E-state index contributed by atoms with van der Waals surface area (Å²) in [6.07, 6.45) is 4.72. The summed E-state index contributed by atoms with van der Waals surface area (Å²) in [4.78, 5) is 12.9. The number of hydrogen-bond donors (Lipinski definition) is 2. The number of aliphatic hydroxyl groups is 1. The van der Waals surface area contributed by atoms with Crippen LogP contribution in [-0.2, 0) is 28.0 Å². The van der Waals surface area contributed by atoms with E-state index in [0.717, 1.165) is 42.7 Å². The monoisotopic (exact) mass is 369 g/mol. The van der Waals surface area contributed by atoms with Crippen LogP contribution in [-0.4, -0.2) is 42.3 Å². The maximum absolute atomic E-state index is 12.9. The van der Waals surface area contributed by atoms with Crippen molar-refractivity contribution in [3.05, 3.63) is 41.5 Å². The van der Waals surface area contributed by atoms with Gasteiger partial charge in [0.15, 0.2) is 11.9 Å². The van der Waals surface area contributed by atoms with Crippen LogP contribution in [0.4, 0.5) is 0 Å². The Hall–Kier alpha value is -1.69. The lowest BCUT2D eigenvalue weighted by molar-refractivity contribution is -0.182. The first-order chi connectivity index (χ1) is 13.1. The van der Waals surface area contributed by atoms with E-state index < -0.39 is 17.1 Å². The largest absolute Gasteiger partial charge is 0.481 e. The van der Waals surface area contributed by atoms with Crippen LogP contribution < -0.4 is 10.1 Å². The van der Waals surface area contributed by atoms with Crippen LogP contribution in [0.5, 0.6) is 5.75 Å². The van der Waals surface area contributed by atoms with Crippen LogP contribution in [0, 0.1) is 5.92 Å².